The van der Waals surface area contributed by atoms with Crippen LogP contribution in [0.2, 0.25) is 0 Å². The van der Waals surface area contributed by atoms with E-state index in [4.69, 9.17) is 23.9 Å². The fraction of sp³-hybridized carbons (Fsp3) is 0.423. The highest BCUT2D eigenvalue weighted by Gasteiger charge is 2.28. The quantitative estimate of drug-likeness (QED) is 0.545. The summed E-state index contributed by atoms with van der Waals surface area (Å²) in [5.74, 6) is 3.00. The summed E-state index contributed by atoms with van der Waals surface area (Å²) < 4.78 is 22.9. The second-order valence-corrected chi connectivity index (χ2v) is 7.83. The molecule has 2 aliphatic rings. The van der Waals surface area contributed by atoms with Crippen LogP contribution in [-0.4, -0.2) is 40.2 Å². The summed E-state index contributed by atoms with van der Waals surface area (Å²) in [6.45, 7) is 3.71. The SMILES string of the molecule is CCCCOc1ccc2c(c1)CCN=C2C1=CCCc2c1cc(OC)c(OC)c2OC. The predicted octanol–water partition coefficient (Wildman–Crippen LogP) is 5.27. The number of benzene rings is 2. The minimum absolute atomic E-state index is 0.643. The molecule has 0 spiro atoms. The van der Waals surface area contributed by atoms with Crippen LogP contribution in [0.3, 0.4) is 0 Å². The molecule has 2 aromatic carbocycles. The number of hydrogen-bond donors (Lipinski definition) is 0. The van der Waals surface area contributed by atoms with Gasteiger partial charge in [-0.1, -0.05) is 19.4 Å². The monoisotopic (exact) mass is 421 g/mol. The average molecular weight is 422 g/mol. The van der Waals surface area contributed by atoms with E-state index in [1.165, 1.54) is 11.1 Å². The predicted molar refractivity (Wildman–Crippen MR) is 124 cm³/mol. The number of hydrogen-bond acceptors (Lipinski definition) is 5. The summed E-state index contributed by atoms with van der Waals surface area (Å²) in [5, 5.41) is 0. The first-order valence-electron chi connectivity index (χ1n) is 11.0. The maximum absolute atomic E-state index is 5.93. The van der Waals surface area contributed by atoms with Crippen LogP contribution in [-0.2, 0) is 12.8 Å². The van der Waals surface area contributed by atoms with Crippen molar-refractivity contribution in [2.75, 3.05) is 34.5 Å². The molecule has 4 rings (SSSR count). The van der Waals surface area contributed by atoms with Crippen LogP contribution in [0, 0.1) is 0 Å². The molecule has 1 aliphatic heterocycles. The van der Waals surface area contributed by atoms with E-state index >= 15 is 0 Å². The van der Waals surface area contributed by atoms with Crippen molar-refractivity contribution in [2.45, 2.75) is 39.0 Å². The van der Waals surface area contributed by atoms with E-state index in [0.29, 0.717) is 11.5 Å². The van der Waals surface area contributed by atoms with E-state index in [9.17, 15) is 0 Å². The van der Waals surface area contributed by atoms with Crippen molar-refractivity contribution in [3.63, 3.8) is 0 Å². The van der Waals surface area contributed by atoms with Gasteiger partial charge in [0.1, 0.15) is 5.75 Å². The molecular weight excluding hydrogens is 390 g/mol. The van der Waals surface area contributed by atoms with Gasteiger partial charge < -0.3 is 18.9 Å². The fourth-order valence-electron chi connectivity index (χ4n) is 4.44. The molecular formula is C26H31NO4. The van der Waals surface area contributed by atoms with Crippen molar-refractivity contribution in [3.05, 3.63) is 52.6 Å². The molecule has 0 aromatic heterocycles. The Hall–Kier alpha value is -2.95. The third-order valence-electron chi connectivity index (χ3n) is 5.97. The van der Waals surface area contributed by atoms with Gasteiger partial charge >= 0.3 is 0 Å². The van der Waals surface area contributed by atoms with Crippen LogP contribution in [0.4, 0.5) is 0 Å². The van der Waals surface area contributed by atoms with E-state index in [1.54, 1.807) is 21.3 Å². The Labute approximate surface area is 184 Å². The summed E-state index contributed by atoms with van der Waals surface area (Å²) >= 11 is 0. The lowest BCUT2D eigenvalue weighted by molar-refractivity contribution is 0.309. The zero-order chi connectivity index (χ0) is 21.8. The number of aliphatic imine (C=N–C) groups is 1. The summed E-state index contributed by atoms with van der Waals surface area (Å²) in [7, 11) is 4.99. The highest BCUT2D eigenvalue weighted by molar-refractivity contribution is 6.33. The van der Waals surface area contributed by atoms with Crippen LogP contribution in [0.15, 0.2) is 35.3 Å². The minimum Gasteiger partial charge on any atom is -0.494 e. The molecule has 5 heteroatoms. The number of fused-ring (bicyclic) bond motifs is 2. The second kappa shape index (κ2) is 9.46. The number of methoxy groups -OCH3 is 3. The molecule has 5 nitrogen and oxygen atoms in total. The number of unbranched alkanes of at least 4 members (excludes halogenated alkanes) is 1. The molecule has 164 valence electrons. The molecule has 0 N–H and O–H groups in total. The van der Waals surface area contributed by atoms with Gasteiger partial charge in [-0.25, -0.2) is 0 Å². The summed E-state index contributed by atoms with van der Waals surface area (Å²) in [6.07, 6.45) is 7.24. The van der Waals surface area contributed by atoms with E-state index in [-0.39, 0.29) is 0 Å². The Bertz CT molecular complexity index is 1020. The van der Waals surface area contributed by atoms with Crippen LogP contribution >= 0.6 is 0 Å². The molecule has 0 atom stereocenters. The minimum atomic E-state index is 0.643. The zero-order valence-electron chi connectivity index (χ0n) is 18.9. The number of ether oxygens (including phenoxy) is 4. The van der Waals surface area contributed by atoms with Crippen molar-refractivity contribution < 1.29 is 18.9 Å². The smallest absolute Gasteiger partial charge is 0.203 e. The lowest BCUT2D eigenvalue weighted by atomic mass is 9.83. The van der Waals surface area contributed by atoms with Gasteiger partial charge in [-0.15, -0.1) is 0 Å². The van der Waals surface area contributed by atoms with Crippen molar-refractivity contribution in [3.8, 4) is 23.0 Å². The molecule has 0 fully saturated rings. The van der Waals surface area contributed by atoms with Gasteiger partial charge in [-0.2, -0.15) is 0 Å². The number of nitrogens with zero attached hydrogens (tertiary/aromatic N) is 1. The van der Waals surface area contributed by atoms with Gasteiger partial charge in [0.15, 0.2) is 11.5 Å². The van der Waals surface area contributed by atoms with E-state index in [0.717, 1.165) is 79.2 Å². The molecule has 0 radical (unpaired) electrons. The Balaban J connectivity index is 1.74. The first-order valence-corrected chi connectivity index (χ1v) is 11.0. The third kappa shape index (κ3) is 4.01. The highest BCUT2D eigenvalue weighted by atomic mass is 16.5. The van der Waals surface area contributed by atoms with Crippen LogP contribution in [0.1, 0.15) is 48.4 Å². The van der Waals surface area contributed by atoms with Gasteiger partial charge in [0, 0.05) is 23.2 Å². The molecule has 0 saturated carbocycles. The van der Waals surface area contributed by atoms with Crippen LogP contribution < -0.4 is 18.9 Å². The lowest BCUT2D eigenvalue weighted by Gasteiger charge is -2.26. The topological polar surface area (TPSA) is 49.3 Å². The molecule has 0 bridgehead atoms. The largest absolute Gasteiger partial charge is 0.494 e. The first-order chi connectivity index (χ1) is 15.2. The number of rotatable bonds is 8. The lowest BCUT2D eigenvalue weighted by Crippen LogP contribution is -2.18. The Kier molecular flexibility index (Phi) is 6.50. The molecule has 31 heavy (non-hydrogen) atoms. The van der Waals surface area contributed by atoms with E-state index in [1.807, 2.05) is 0 Å². The van der Waals surface area contributed by atoms with Gasteiger partial charge in [0.05, 0.1) is 33.6 Å². The highest BCUT2D eigenvalue weighted by Crippen LogP contribution is 2.46. The van der Waals surface area contributed by atoms with Crippen molar-refractivity contribution in [1.82, 2.24) is 0 Å². The maximum Gasteiger partial charge on any atom is 0.203 e. The Morgan fingerprint density at radius 2 is 1.77 bits per heavy atom. The summed E-state index contributed by atoms with van der Waals surface area (Å²) in [6, 6.07) is 8.45. The molecule has 0 unspecified atom stereocenters. The summed E-state index contributed by atoms with van der Waals surface area (Å²) in [4.78, 5) is 4.95. The van der Waals surface area contributed by atoms with Gasteiger partial charge in [0.2, 0.25) is 5.75 Å². The van der Waals surface area contributed by atoms with Crippen molar-refractivity contribution >= 4 is 11.3 Å². The van der Waals surface area contributed by atoms with Gasteiger partial charge in [-0.3, -0.25) is 4.99 Å². The summed E-state index contributed by atoms with van der Waals surface area (Å²) in [5.41, 5.74) is 6.90. The first kappa shape index (κ1) is 21.3. The third-order valence-corrected chi connectivity index (χ3v) is 5.97. The van der Waals surface area contributed by atoms with E-state index < -0.39 is 0 Å². The molecule has 0 amide bonds. The molecule has 0 saturated heterocycles. The van der Waals surface area contributed by atoms with Crippen LogP contribution in [0.25, 0.3) is 5.57 Å². The van der Waals surface area contributed by atoms with Gasteiger partial charge in [-0.05, 0) is 61.1 Å². The Morgan fingerprint density at radius 3 is 2.52 bits per heavy atom. The standard InChI is InChI=1S/C26H31NO4/c1-5-6-14-31-18-10-11-19-17(15-18)12-13-27-24(19)20-8-7-9-21-22(20)16-23(28-2)26(30-4)25(21)29-3/h8,10-11,15-16H,5-7,9,12-14H2,1-4H3. The van der Waals surface area contributed by atoms with E-state index in [2.05, 4.69) is 37.3 Å². The maximum atomic E-state index is 5.93. The van der Waals surface area contributed by atoms with Crippen LogP contribution in [0.5, 0.6) is 23.0 Å². The number of allylic oxidation sites excluding steroid dienone is 2. The normalized spacial score (nSPS) is 14.7. The van der Waals surface area contributed by atoms with Crippen molar-refractivity contribution in [1.29, 1.82) is 0 Å². The molecule has 1 aliphatic carbocycles. The fourth-order valence-corrected chi connectivity index (χ4v) is 4.44. The Morgan fingerprint density at radius 1 is 0.935 bits per heavy atom. The average Bonchev–Trinajstić information content (AvgIpc) is 2.81. The second-order valence-electron chi connectivity index (χ2n) is 7.83. The zero-order valence-corrected chi connectivity index (χ0v) is 18.9. The molecule has 1 heterocycles. The van der Waals surface area contributed by atoms with Crippen molar-refractivity contribution in [2.24, 2.45) is 4.99 Å². The van der Waals surface area contributed by atoms with Gasteiger partial charge in [0.25, 0.3) is 0 Å². The molecule has 2 aromatic rings.